The second kappa shape index (κ2) is 3.56. The third-order valence-corrected chi connectivity index (χ3v) is 3.90. The molecule has 1 atom stereocenters. The quantitative estimate of drug-likeness (QED) is 0.350. The summed E-state index contributed by atoms with van der Waals surface area (Å²) in [7, 11) is 4.94. The molecule has 0 fully saturated rings. The number of likely N-dealkylation sites (N-methyl/N-ethyl adjacent to an activating group) is 1. The summed E-state index contributed by atoms with van der Waals surface area (Å²) in [6.07, 6.45) is 0.921. The van der Waals surface area contributed by atoms with Crippen molar-refractivity contribution in [1.82, 2.24) is 4.90 Å². The third-order valence-electron chi connectivity index (χ3n) is 1.83. The summed E-state index contributed by atoms with van der Waals surface area (Å²) in [5.41, 5.74) is 0. The zero-order valence-electron chi connectivity index (χ0n) is 7.24. The Morgan fingerprint density at radius 2 is 2.10 bits per heavy atom. The van der Waals surface area contributed by atoms with Gasteiger partial charge in [0.05, 0.1) is 0 Å². The van der Waals surface area contributed by atoms with Gasteiger partial charge in [-0.3, -0.25) is 4.90 Å². The van der Waals surface area contributed by atoms with Crippen LogP contribution in [0.2, 0.25) is 0 Å². The number of alkyl halides is 1. The summed E-state index contributed by atoms with van der Waals surface area (Å²) in [6.45, 7) is 5.99. The van der Waals surface area contributed by atoms with E-state index in [4.69, 9.17) is 11.6 Å². The monoisotopic (exact) mass is 177 g/mol. The summed E-state index contributed by atoms with van der Waals surface area (Å²) in [6, 6.07) is 0. The zero-order valence-corrected chi connectivity index (χ0v) is 10.00. The molecule has 0 N–H and O–H groups in total. The molecule has 1 nitrogen and oxygen atoms in total. The first-order valence-electron chi connectivity index (χ1n) is 3.47. The number of nitrogens with zero attached hydrogens (tertiary/aromatic N) is 1. The maximum atomic E-state index is 6.25. The highest BCUT2D eigenvalue weighted by atomic mass is 35.5. The van der Waals surface area contributed by atoms with Gasteiger partial charge in [0.25, 0.3) is 0 Å². The molecule has 0 aliphatic carbocycles. The van der Waals surface area contributed by atoms with Crippen molar-refractivity contribution in [2.24, 2.45) is 0 Å². The molecule has 0 amide bonds. The van der Waals surface area contributed by atoms with E-state index < -0.39 is 0 Å². The lowest BCUT2D eigenvalue weighted by atomic mass is 10.2. The van der Waals surface area contributed by atoms with E-state index in [1.807, 2.05) is 19.0 Å². The molecule has 0 heterocycles. The van der Waals surface area contributed by atoms with Gasteiger partial charge >= 0.3 is 0 Å². The van der Waals surface area contributed by atoms with E-state index in [1.54, 1.807) is 0 Å². The molecule has 60 valence electrons. The van der Waals surface area contributed by atoms with Crippen molar-refractivity contribution >= 4 is 21.8 Å². The average molecular weight is 178 g/mol. The van der Waals surface area contributed by atoms with Crippen molar-refractivity contribution in [3.05, 3.63) is 11.8 Å². The predicted octanol–water partition coefficient (Wildman–Crippen LogP) is 0.772. The molecule has 0 aromatic heterocycles. The van der Waals surface area contributed by atoms with Crippen molar-refractivity contribution in [3.63, 3.8) is 0 Å². The lowest BCUT2D eigenvalue weighted by molar-refractivity contribution is 0.289. The van der Waals surface area contributed by atoms with Crippen molar-refractivity contribution in [2.75, 3.05) is 14.1 Å². The minimum Gasteiger partial charge on any atom is -0.288 e. The van der Waals surface area contributed by atoms with Gasteiger partial charge in [0.15, 0.2) is 0 Å². The Hall–Kier alpha value is 0.207. The molecule has 1 unspecified atom stereocenters. The maximum absolute atomic E-state index is 6.25. The van der Waals surface area contributed by atoms with Gasteiger partial charge in [-0.05, 0) is 20.5 Å². The molecule has 0 aliphatic heterocycles. The van der Waals surface area contributed by atoms with Gasteiger partial charge in [-0.1, -0.05) is 23.7 Å². The Labute approximate surface area is 71.5 Å². The third kappa shape index (κ3) is 1.84. The Kier molecular flexibility index (Phi) is 3.63. The summed E-state index contributed by atoms with van der Waals surface area (Å²) in [4.78, 5) is 1.73. The molecule has 0 bridgehead atoms. The second-order valence-corrected chi connectivity index (χ2v) is 4.62. The molecule has 0 aliphatic rings. The second-order valence-electron chi connectivity index (χ2n) is 2.79. The molecular weight excluding hydrogens is 162 g/mol. The first kappa shape index (κ1) is 10.2. The van der Waals surface area contributed by atoms with Crippen LogP contribution in [0.1, 0.15) is 13.3 Å². The molecule has 0 aromatic rings. The van der Waals surface area contributed by atoms with Crippen LogP contribution in [0, 0.1) is 0 Å². The van der Waals surface area contributed by atoms with Crippen LogP contribution in [0.5, 0.6) is 0 Å². The van der Waals surface area contributed by atoms with Crippen molar-refractivity contribution in [1.29, 1.82) is 0 Å². The number of rotatable bonds is 3. The van der Waals surface area contributed by atoms with E-state index in [9.17, 15) is 0 Å². The Balaban J connectivity index is 4.38. The van der Waals surface area contributed by atoms with Gasteiger partial charge in [-0.2, -0.15) is 0 Å². The lowest BCUT2D eigenvalue weighted by Gasteiger charge is -2.33. The van der Waals surface area contributed by atoms with Crippen LogP contribution in [-0.4, -0.2) is 34.2 Å². The van der Waals surface area contributed by atoms with Crippen LogP contribution < -0.4 is 0 Å². The Bertz CT molecular complexity index is 136. The van der Waals surface area contributed by atoms with E-state index in [2.05, 4.69) is 13.5 Å². The van der Waals surface area contributed by atoms with Crippen LogP contribution in [0.15, 0.2) is 11.8 Å². The van der Waals surface area contributed by atoms with E-state index in [0.29, 0.717) is 0 Å². The first-order valence-corrected chi connectivity index (χ1v) is 4.85. The summed E-state index contributed by atoms with van der Waals surface area (Å²) in [5, 5.41) is 1.14. The van der Waals surface area contributed by atoms with E-state index in [1.165, 1.54) is 0 Å². The van der Waals surface area contributed by atoms with Gasteiger partial charge in [0.2, 0.25) is 0 Å². The lowest BCUT2D eigenvalue weighted by Crippen LogP contribution is -2.39. The minimum absolute atomic E-state index is 0.285. The molecular formula is C7H16ClNSi. The standard InChI is InChI=1S/C7H16ClNSi/c1-5-7(8,6(2)10)9(3)4/h2,5H2,1,3-4,10H3. The van der Waals surface area contributed by atoms with Crippen molar-refractivity contribution < 1.29 is 0 Å². The van der Waals surface area contributed by atoms with Crippen molar-refractivity contribution in [2.45, 2.75) is 18.3 Å². The molecule has 0 aromatic carbocycles. The smallest absolute Gasteiger partial charge is 0.112 e. The average Bonchev–Trinajstić information content (AvgIpc) is 1.85. The fourth-order valence-electron chi connectivity index (χ4n) is 1.000. The maximum Gasteiger partial charge on any atom is 0.112 e. The summed E-state index contributed by atoms with van der Waals surface area (Å²) in [5.74, 6) is 0. The largest absolute Gasteiger partial charge is 0.288 e. The van der Waals surface area contributed by atoms with Crippen LogP contribution >= 0.6 is 11.6 Å². The Morgan fingerprint density at radius 1 is 1.70 bits per heavy atom. The van der Waals surface area contributed by atoms with E-state index in [-0.39, 0.29) is 5.00 Å². The number of hydrogen-bond acceptors (Lipinski definition) is 1. The number of hydrogen-bond donors (Lipinski definition) is 0. The van der Waals surface area contributed by atoms with E-state index >= 15 is 0 Å². The van der Waals surface area contributed by atoms with E-state index in [0.717, 1.165) is 21.9 Å². The van der Waals surface area contributed by atoms with Gasteiger partial charge in [-0.15, -0.1) is 6.58 Å². The molecule has 0 radical (unpaired) electrons. The highest BCUT2D eigenvalue weighted by Crippen LogP contribution is 2.27. The summed E-state index contributed by atoms with van der Waals surface area (Å²) >= 11 is 6.25. The fraction of sp³-hybridized carbons (Fsp3) is 0.714. The molecule has 3 heteroatoms. The first-order chi connectivity index (χ1) is 4.45. The normalized spacial score (nSPS) is 17.3. The zero-order chi connectivity index (χ0) is 8.36. The molecule has 0 saturated heterocycles. The van der Waals surface area contributed by atoms with Gasteiger partial charge in [-0.25, -0.2) is 0 Å². The fourth-order valence-corrected chi connectivity index (χ4v) is 1.80. The van der Waals surface area contributed by atoms with Crippen LogP contribution in [0.3, 0.4) is 0 Å². The molecule has 0 rings (SSSR count). The molecule has 10 heavy (non-hydrogen) atoms. The van der Waals surface area contributed by atoms with Crippen molar-refractivity contribution in [3.8, 4) is 0 Å². The molecule has 0 saturated carbocycles. The van der Waals surface area contributed by atoms with Crippen LogP contribution in [-0.2, 0) is 0 Å². The predicted molar refractivity (Wildman–Crippen MR) is 51.6 cm³/mol. The topological polar surface area (TPSA) is 3.24 Å². The SMILES string of the molecule is C=C([SiH3])C(Cl)(CC)N(C)C. The Morgan fingerprint density at radius 3 is 2.10 bits per heavy atom. The van der Waals surface area contributed by atoms with Crippen LogP contribution in [0.4, 0.5) is 0 Å². The number of halogens is 1. The highest BCUT2D eigenvalue weighted by molar-refractivity contribution is 6.35. The van der Waals surface area contributed by atoms with Gasteiger partial charge < -0.3 is 0 Å². The van der Waals surface area contributed by atoms with Gasteiger partial charge in [0.1, 0.15) is 5.00 Å². The summed E-state index contributed by atoms with van der Waals surface area (Å²) < 4.78 is 0. The highest BCUT2D eigenvalue weighted by Gasteiger charge is 2.27. The van der Waals surface area contributed by atoms with Gasteiger partial charge in [0, 0.05) is 10.2 Å². The molecule has 0 spiro atoms. The van der Waals surface area contributed by atoms with Crippen LogP contribution in [0.25, 0.3) is 0 Å². The minimum atomic E-state index is -0.285.